The summed E-state index contributed by atoms with van der Waals surface area (Å²) in [4.78, 5) is 12.3. The molecule has 0 aliphatic carbocycles. The van der Waals surface area contributed by atoms with Crippen LogP contribution in [-0.2, 0) is 11.3 Å². The molecule has 26 heavy (non-hydrogen) atoms. The summed E-state index contributed by atoms with van der Waals surface area (Å²) in [6.45, 7) is 0.541. The molecule has 2 aromatic carbocycles. The molecule has 5 nitrogen and oxygen atoms in total. The van der Waals surface area contributed by atoms with Crippen LogP contribution in [-0.4, -0.2) is 23.5 Å². The number of ether oxygens (including phenoxy) is 1. The number of carbonyl (C=O) groups excluding carboxylic acids is 1. The molecule has 0 aliphatic rings. The minimum absolute atomic E-state index is 0.000233. The van der Waals surface area contributed by atoms with E-state index in [0.717, 1.165) is 16.5 Å². The lowest BCUT2D eigenvalue weighted by molar-refractivity contribution is 0.0589. The Morgan fingerprint density at radius 3 is 2.81 bits per heavy atom. The highest BCUT2D eigenvalue weighted by Gasteiger charge is 2.18. The third kappa shape index (κ3) is 2.64. The van der Waals surface area contributed by atoms with Gasteiger partial charge in [-0.1, -0.05) is 30.3 Å². The minimum Gasteiger partial charge on any atom is -0.464 e. The van der Waals surface area contributed by atoms with Gasteiger partial charge >= 0.3 is 5.97 Å². The molecule has 0 fully saturated rings. The van der Waals surface area contributed by atoms with Crippen LogP contribution in [0, 0.1) is 5.41 Å². The van der Waals surface area contributed by atoms with Crippen LogP contribution in [0.3, 0.4) is 0 Å². The van der Waals surface area contributed by atoms with E-state index < -0.39 is 0 Å². The highest BCUT2D eigenvalue weighted by molar-refractivity contribution is 7.17. The van der Waals surface area contributed by atoms with Gasteiger partial charge in [-0.25, -0.2) is 4.79 Å². The summed E-state index contributed by atoms with van der Waals surface area (Å²) in [5.74, 6) is -0.384. The van der Waals surface area contributed by atoms with Crippen LogP contribution in [0.4, 0.5) is 0 Å². The van der Waals surface area contributed by atoms with E-state index in [1.165, 1.54) is 17.2 Å². The topological polar surface area (TPSA) is 81.1 Å². The smallest absolute Gasteiger partial charge is 0.354 e. The van der Waals surface area contributed by atoms with Crippen LogP contribution in [0.1, 0.15) is 21.6 Å². The number of hydrogen-bond donors (Lipinski definition) is 2. The summed E-state index contributed by atoms with van der Waals surface area (Å²) in [6, 6.07) is 15.5. The predicted molar refractivity (Wildman–Crippen MR) is 105 cm³/mol. The number of nitrogens with two attached hydrogens (primary N) is 1. The molecule has 0 bridgehead atoms. The number of aromatic nitrogens is 1. The van der Waals surface area contributed by atoms with Gasteiger partial charge in [-0.2, -0.15) is 0 Å². The molecular weight excluding hydrogens is 346 g/mol. The Bertz CT molecular complexity index is 1160. The zero-order valence-corrected chi connectivity index (χ0v) is 15.0. The van der Waals surface area contributed by atoms with Crippen molar-refractivity contribution in [1.29, 1.82) is 5.41 Å². The van der Waals surface area contributed by atoms with Gasteiger partial charge in [0.25, 0.3) is 0 Å². The van der Waals surface area contributed by atoms with Gasteiger partial charge < -0.3 is 15.0 Å². The van der Waals surface area contributed by atoms with Crippen molar-refractivity contribution in [1.82, 2.24) is 4.57 Å². The monoisotopic (exact) mass is 363 g/mol. The van der Waals surface area contributed by atoms with Gasteiger partial charge in [-0.15, -0.1) is 11.3 Å². The Morgan fingerprint density at radius 1 is 1.23 bits per heavy atom. The molecule has 0 spiro atoms. The van der Waals surface area contributed by atoms with Crippen molar-refractivity contribution in [2.75, 3.05) is 7.11 Å². The fourth-order valence-corrected chi connectivity index (χ4v) is 4.15. The summed E-state index contributed by atoms with van der Waals surface area (Å²) in [5, 5.41) is 11.9. The fraction of sp³-hybridized carbons (Fsp3) is 0.100. The molecule has 6 heteroatoms. The molecule has 3 N–H and O–H groups in total. The van der Waals surface area contributed by atoms with Crippen LogP contribution in [0.5, 0.6) is 0 Å². The maximum Gasteiger partial charge on any atom is 0.354 e. The van der Waals surface area contributed by atoms with E-state index in [2.05, 4.69) is 17.5 Å². The molecule has 4 rings (SSSR count). The second kappa shape index (κ2) is 6.31. The summed E-state index contributed by atoms with van der Waals surface area (Å²) in [5.41, 5.74) is 8.75. The van der Waals surface area contributed by atoms with E-state index in [1.807, 2.05) is 34.9 Å². The summed E-state index contributed by atoms with van der Waals surface area (Å²) in [6.07, 6.45) is 0. The molecule has 0 saturated carbocycles. The van der Waals surface area contributed by atoms with E-state index in [-0.39, 0.29) is 11.8 Å². The maximum atomic E-state index is 12.3. The summed E-state index contributed by atoms with van der Waals surface area (Å²) in [7, 11) is 1.38. The number of nitrogen functional groups attached to an aromatic ring is 1. The number of thiophene rings is 1. The number of rotatable bonds is 4. The van der Waals surface area contributed by atoms with Crippen molar-refractivity contribution >= 4 is 44.1 Å². The third-order valence-electron chi connectivity index (χ3n) is 4.50. The zero-order chi connectivity index (χ0) is 18.3. The van der Waals surface area contributed by atoms with Crippen LogP contribution < -0.4 is 5.73 Å². The van der Waals surface area contributed by atoms with Gasteiger partial charge in [0.1, 0.15) is 11.5 Å². The summed E-state index contributed by atoms with van der Waals surface area (Å²) >= 11 is 1.69. The Labute approximate surface area is 154 Å². The Hall–Kier alpha value is -3.12. The number of fused-ring (bicyclic) bond motifs is 2. The number of nitrogens with one attached hydrogen (secondary N) is 1. The van der Waals surface area contributed by atoms with Crippen LogP contribution in [0.2, 0.25) is 0 Å². The first-order valence-corrected chi connectivity index (χ1v) is 8.97. The number of methoxy groups -OCH3 is 1. The van der Waals surface area contributed by atoms with Crippen molar-refractivity contribution in [2.24, 2.45) is 5.73 Å². The van der Waals surface area contributed by atoms with E-state index >= 15 is 0 Å². The van der Waals surface area contributed by atoms with E-state index in [1.54, 1.807) is 17.4 Å². The molecule has 130 valence electrons. The molecule has 2 heterocycles. The number of nitrogens with zero attached hydrogens (tertiary/aromatic N) is 1. The lowest BCUT2D eigenvalue weighted by atomic mass is 10.1. The summed E-state index contributed by atoms with van der Waals surface area (Å²) < 4.78 is 8.11. The van der Waals surface area contributed by atoms with Crippen LogP contribution >= 0.6 is 11.3 Å². The Morgan fingerprint density at radius 2 is 2.04 bits per heavy atom. The lowest BCUT2D eigenvalue weighted by Gasteiger charge is -2.10. The standard InChI is InChI=1S/C20H17N3O2S/c1-25-20(24)17-8-12-6-7-13(19(21)22)9-16(12)23(17)10-14-11-26-18-5-3-2-4-15(14)18/h2-9,11H,10H2,1H3,(H3,21,22). The molecule has 0 atom stereocenters. The maximum absolute atomic E-state index is 12.3. The van der Waals surface area contributed by atoms with Crippen LogP contribution in [0.15, 0.2) is 53.9 Å². The number of esters is 1. The first kappa shape index (κ1) is 16.4. The normalized spacial score (nSPS) is 11.1. The minimum atomic E-state index is -0.384. The predicted octanol–water partition coefficient (Wildman–Crippen LogP) is 3.97. The molecule has 2 aromatic heterocycles. The van der Waals surface area contributed by atoms with Gasteiger partial charge in [0.2, 0.25) is 0 Å². The average Bonchev–Trinajstić information content (AvgIpc) is 3.23. The molecule has 0 amide bonds. The second-order valence-electron chi connectivity index (χ2n) is 6.05. The number of hydrogen-bond acceptors (Lipinski definition) is 4. The SMILES string of the molecule is COC(=O)c1cc2ccc(C(=N)N)cc2n1Cc1csc2ccccc12. The van der Waals surface area contributed by atoms with Gasteiger partial charge in [0, 0.05) is 27.7 Å². The van der Waals surface area contributed by atoms with Gasteiger partial charge in [0.15, 0.2) is 0 Å². The van der Waals surface area contributed by atoms with Crippen molar-refractivity contribution < 1.29 is 9.53 Å². The molecular formula is C20H17N3O2S. The number of amidine groups is 1. The molecule has 0 unspecified atom stereocenters. The van der Waals surface area contributed by atoms with Crippen molar-refractivity contribution in [3.8, 4) is 0 Å². The number of carbonyl (C=O) groups is 1. The molecule has 0 radical (unpaired) electrons. The number of benzene rings is 2. The fourth-order valence-electron chi connectivity index (χ4n) is 3.19. The van der Waals surface area contributed by atoms with Gasteiger partial charge in [-0.3, -0.25) is 5.41 Å². The molecule has 4 aromatic rings. The van der Waals surface area contributed by atoms with E-state index in [9.17, 15) is 4.79 Å². The largest absolute Gasteiger partial charge is 0.464 e. The quantitative estimate of drug-likeness (QED) is 0.327. The zero-order valence-electron chi connectivity index (χ0n) is 14.2. The average molecular weight is 363 g/mol. The van der Waals surface area contributed by atoms with Crippen molar-refractivity contribution in [3.63, 3.8) is 0 Å². The first-order chi connectivity index (χ1) is 12.6. The van der Waals surface area contributed by atoms with E-state index in [0.29, 0.717) is 17.8 Å². The Balaban J connectivity index is 1.91. The highest BCUT2D eigenvalue weighted by atomic mass is 32.1. The van der Waals surface area contributed by atoms with E-state index in [4.69, 9.17) is 15.9 Å². The Kier molecular flexibility index (Phi) is 3.97. The van der Waals surface area contributed by atoms with Gasteiger partial charge in [0.05, 0.1) is 7.11 Å². The highest BCUT2D eigenvalue weighted by Crippen LogP contribution is 2.29. The van der Waals surface area contributed by atoms with Crippen molar-refractivity contribution in [2.45, 2.75) is 6.54 Å². The molecule has 0 aliphatic heterocycles. The third-order valence-corrected chi connectivity index (χ3v) is 5.51. The lowest BCUT2D eigenvalue weighted by Crippen LogP contribution is -2.13. The second-order valence-corrected chi connectivity index (χ2v) is 6.96. The van der Waals surface area contributed by atoms with Gasteiger partial charge in [-0.05, 0) is 34.5 Å². The van der Waals surface area contributed by atoms with Crippen LogP contribution in [0.25, 0.3) is 21.0 Å². The van der Waals surface area contributed by atoms with Crippen molar-refractivity contribution in [3.05, 3.63) is 70.7 Å². The first-order valence-electron chi connectivity index (χ1n) is 8.09. The molecule has 0 saturated heterocycles.